The van der Waals surface area contributed by atoms with Crippen molar-refractivity contribution in [3.05, 3.63) is 96.3 Å². The zero-order valence-corrected chi connectivity index (χ0v) is 14.6. The number of anilines is 2. The smallest absolute Gasteiger partial charge is 0.292 e. The summed E-state index contributed by atoms with van der Waals surface area (Å²) in [5.41, 5.74) is 1.64. The fraction of sp³-hybridized carbons (Fsp3) is 0. The van der Waals surface area contributed by atoms with E-state index >= 15 is 0 Å². The number of halogens is 1. The normalized spacial score (nSPS) is 10.6. The van der Waals surface area contributed by atoms with Crippen molar-refractivity contribution in [3.63, 3.8) is 0 Å². The molecule has 0 unspecified atom stereocenters. The van der Waals surface area contributed by atoms with Crippen molar-refractivity contribution in [3.8, 4) is 0 Å². The monoisotopic (exact) mass is 374 g/mol. The number of hydrogen-bond donors (Lipinski definition) is 2. The average molecular weight is 374 g/mol. The standard InChI is InChI=1S/C21H15FN4O2/c22-14-9-11-16(12-10-14)23-20(27)18-17-8-4-5-13-26(17)19(25-18)21(28)24-15-6-2-1-3-7-15/h1-13H,(H,23,27)(H,24,28). The van der Waals surface area contributed by atoms with Gasteiger partial charge in [-0.15, -0.1) is 0 Å². The topological polar surface area (TPSA) is 75.5 Å². The number of amides is 2. The van der Waals surface area contributed by atoms with E-state index in [4.69, 9.17) is 0 Å². The van der Waals surface area contributed by atoms with E-state index < -0.39 is 17.6 Å². The van der Waals surface area contributed by atoms with E-state index in [1.165, 1.54) is 24.3 Å². The molecule has 0 saturated heterocycles. The van der Waals surface area contributed by atoms with Crippen molar-refractivity contribution >= 4 is 28.7 Å². The lowest BCUT2D eigenvalue weighted by molar-refractivity contribution is 0.101. The van der Waals surface area contributed by atoms with Crippen molar-refractivity contribution in [1.82, 2.24) is 9.38 Å². The van der Waals surface area contributed by atoms with Crippen LogP contribution in [-0.2, 0) is 0 Å². The van der Waals surface area contributed by atoms with Gasteiger partial charge in [0.15, 0.2) is 5.69 Å². The third-order valence-electron chi connectivity index (χ3n) is 4.10. The number of pyridine rings is 1. The largest absolute Gasteiger partial charge is 0.321 e. The minimum atomic E-state index is -0.492. The number of imidazole rings is 1. The molecule has 2 heterocycles. The highest BCUT2D eigenvalue weighted by Crippen LogP contribution is 2.17. The number of para-hydroxylation sites is 1. The van der Waals surface area contributed by atoms with Crippen molar-refractivity contribution in [2.45, 2.75) is 0 Å². The van der Waals surface area contributed by atoms with Crippen molar-refractivity contribution in [1.29, 1.82) is 0 Å². The van der Waals surface area contributed by atoms with Crippen molar-refractivity contribution < 1.29 is 14.0 Å². The lowest BCUT2D eigenvalue weighted by Crippen LogP contribution is -2.16. The third-order valence-corrected chi connectivity index (χ3v) is 4.10. The molecule has 0 aliphatic heterocycles. The van der Waals surface area contributed by atoms with Crippen LogP contribution in [0.2, 0.25) is 0 Å². The van der Waals surface area contributed by atoms with Crippen LogP contribution in [0.3, 0.4) is 0 Å². The first-order valence-electron chi connectivity index (χ1n) is 8.52. The first-order chi connectivity index (χ1) is 13.6. The van der Waals surface area contributed by atoms with E-state index in [2.05, 4.69) is 15.6 Å². The second kappa shape index (κ2) is 7.32. The van der Waals surface area contributed by atoms with Crippen LogP contribution >= 0.6 is 0 Å². The van der Waals surface area contributed by atoms with Crippen LogP contribution in [0.25, 0.3) is 5.52 Å². The summed E-state index contributed by atoms with van der Waals surface area (Å²) in [6.45, 7) is 0. The molecule has 0 aliphatic rings. The fourth-order valence-electron chi connectivity index (χ4n) is 2.80. The maximum Gasteiger partial charge on any atom is 0.292 e. The van der Waals surface area contributed by atoms with E-state index in [1.807, 2.05) is 6.07 Å². The Hall–Kier alpha value is -4.00. The average Bonchev–Trinajstić information content (AvgIpc) is 3.10. The number of benzene rings is 2. The first-order valence-corrected chi connectivity index (χ1v) is 8.52. The zero-order chi connectivity index (χ0) is 19.5. The second-order valence-corrected chi connectivity index (χ2v) is 6.02. The summed E-state index contributed by atoms with van der Waals surface area (Å²) < 4.78 is 14.6. The van der Waals surface area contributed by atoms with E-state index in [9.17, 15) is 14.0 Å². The van der Waals surface area contributed by atoms with Gasteiger partial charge in [-0.2, -0.15) is 0 Å². The Morgan fingerprint density at radius 3 is 2.18 bits per heavy atom. The molecule has 0 atom stereocenters. The van der Waals surface area contributed by atoms with Gasteiger partial charge in [0, 0.05) is 17.6 Å². The number of hydrogen-bond acceptors (Lipinski definition) is 3. The van der Waals surface area contributed by atoms with Gasteiger partial charge in [0.25, 0.3) is 11.8 Å². The maximum absolute atomic E-state index is 13.1. The molecule has 28 heavy (non-hydrogen) atoms. The SMILES string of the molecule is O=C(Nc1ccc(F)cc1)c1nc(C(=O)Nc2ccccc2)n2ccccc12. The molecule has 7 heteroatoms. The van der Waals surface area contributed by atoms with Gasteiger partial charge in [0.1, 0.15) is 5.82 Å². The summed E-state index contributed by atoms with van der Waals surface area (Å²) in [5.74, 6) is -1.24. The highest BCUT2D eigenvalue weighted by molar-refractivity contribution is 6.10. The van der Waals surface area contributed by atoms with Gasteiger partial charge in [0.05, 0.1) is 5.52 Å². The Morgan fingerprint density at radius 1 is 0.786 bits per heavy atom. The molecule has 0 saturated carbocycles. The second-order valence-electron chi connectivity index (χ2n) is 6.02. The number of rotatable bonds is 4. The van der Waals surface area contributed by atoms with E-state index in [0.29, 0.717) is 16.9 Å². The van der Waals surface area contributed by atoms with Gasteiger partial charge >= 0.3 is 0 Å². The summed E-state index contributed by atoms with van der Waals surface area (Å²) in [6, 6.07) is 19.6. The summed E-state index contributed by atoms with van der Waals surface area (Å²) in [4.78, 5) is 29.7. The number of carbonyl (C=O) groups is 2. The number of fused-ring (bicyclic) bond motifs is 1. The highest BCUT2D eigenvalue weighted by Gasteiger charge is 2.21. The van der Waals surface area contributed by atoms with Crippen LogP contribution in [0.5, 0.6) is 0 Å². The summed E-state index contributed by atoms with van der Waals surface area (Å²) in [5, 5.41) is 5.43. The molecule has 0 fully saturated rings. The van der Waals surface area contributed by atoms with Gasteiger partial charge < -0.3 is 10.6 Å². The Balaban J connectivity index is 1.67. The lowest BCUT2D eigenvalue weighted by Gasteiger charge is -2.03. The summed E-state index contributed by atoms with van der Waals surface area (Å²) >= 11 is 0. The molecule has 2 aromatic carbocycles. The van der Waals surface area contributed by atoms with Crippen LogP contribution in [-0.4, -0.2) is 21.2 Å². The summed E-state index contributed by atoms with van der Waals surface area (Å²) in [6.07, 6.45) is 1.66. The highest BCUT2D eigenvalue weighted by atomic mass is 19.1. The van der Waals surface area contributed by atoms with Crippen LogP contribution in [0, 0.1) is 5.82 Å². The molecule has 0 aliphatic carbocycles. The van der Waals surface area contributed by atoms with Crippen LogP contribution in [0.1, 0.15) is 21.1 Å². The van der Waals surface area contributed by atoms with Crippen molar-refractivity contribution in [2.75, 3.05) is 10.6 Å². The van der Waals surface area contributed by atoms with Gasteiger partial charge in [0.2, 0.25) is 5.82 Å². The molecule has 0 spiro atoms. The summed E-state index contributed by atoms with van der Waals surface area (Å²) in [7, 11) is 0. The Bertz CT molecular complexity index is 1150. The molecule has 0 bridgehead atoms. The van der Waals surface area contributed by atoms with Crippen LogP contribution in [0.15, 0.2) is 79.0 Å². The first kappa shape index (κ1) is 17.4. The fourth-order valence-corrected chi connectivity index (χ4v) is 2.80. The van der Waals surface area contributed by atoms with Gasteiger partial charge in [-0.25, -0.2) is 9.37 Å². The quantitative estimate of drug-likeness (QED) is 0.567. The molecular formula is C21H15FN4O2. The molecule has 2 N–H and O–H groups in total. The molecule has 4 aromatic rings. The Morgan fingerprint density at radius 2 is 1.43 bits per heavy atom. The minimum absolute atomic E-state index is 0.0868. The maximum atomic E-state index is 13.1. The predicted octanol–water partition coefficient (Wildman–Crippen LogP) is 3.98. The van der Waals surface area contributed by atoms with Gasteiger partial charge in [-0.05, 0) is 48.5 Å². The Kier molecular flexibility index (Phi) is 4.55. The molecule has 138 valence electrons. The molecule has 2 aromatic heterocycles. The van der Waals surface area contributed by atoms with E-state index in [-0.39, 0.29) is 11.5 Å². The van der Waals surface area contributed by atoms with Gasteiger partial charge in [-0.3, -0.25) is 14.0 Å². The number of carbonyl (C=O) groups excluding carboxylic acids is 2. The number of aromatic nitrogens is 2. The Labute approximate surface area is 159 Å². The lowest BCUT2D eigenvalue weighted by atomic mass is 10.2. The minimum Gasteiger partial charge on any atom is -0.321 e. The van der Waals surface area contributed by atoms with E-state index in [0.717, 1.165) is 0 Å². The van der Waals surface area contributed by atoms with Gasteiger partial charge in [-0.1, -0.05) is 24.3 Å². The van der Waals surface area contributed by atoms with Crippen LogP contribution < -0.4 is 10.6 Å². The van der Waals surface area contributed by atoms with Crippen LogP contribution in [0.4, 0.5) is 15.8 Å². The van der Waals surface area contributed by atoms with Crippen molar-refractivity contribution in [2.24, 2.45) is 0 Å². The number of nitrogens with one attached hydrogen (secondary N) is 2. The van der Waals surface area contributed by atoms with E-state index in [1.54, 1.807) is 53.1 Å². The predicted molar refractivity (Wildman–Crippen MR) is 104 cm³/mol. The molecule has 6 nitrogen and oxygen atoms in total. The molecule has 2 amide bonds. The third kappa shape index (κ3) is 3.45. The molecule has 0 radical (unpaired) electrons. The molecular weight excluding hydrogens is 359 g/mol. The zero-order valence-electron chi connectivity index (χ0n) is 14.6. The molecule has 4 rings (SSSR count). The number of nitrogens with zero attached hydrogens (tertiary/aromatic N) is 2.